The summed E-state index contributed by atoms with van der Waals surface area (Å²) in [7, 11) is 0. The Morgan fingerprint density at radius 2 is 2.06 bits per heavy atom. The maximum atomic E-state index is 9.84. The average Bonchev–Trinajstić information content (AvgIpc) is 2.83. The normalized spacial score (nSPS) is 32.8. The van der Waals surface area contributed by atoms with Crippen LogP contribution in [0.4, 0.5) is 0 Å². The first-order valence-electron chi connectivity index (χ1n) is 5.48. The van der Waals surface area contributed by atoms with Gasteiger partial charge in [-0.1, -0.05) is 0 Å². The van der Waals surface area contributed by atoms with Crippen molar-refractivity contribution >= 4 is 11.2 Å². The molecule has 3 rings (SSSR count). The molecular formula is C10H12N4O4. The van der Waals surface area contributed by atoms with Gasteiger partial charge in [0.2, 0.25) is 0 Å². The fourth-order valence-electron chi connectivity index (χ4n) is 1.92. The Hall–Kier alpha value is -1.61. The summed E-state index contributed by atoms with van der Waals surface area (Å²) in [5, 5.41) is 28.8. The Morgan fingerprint density at radius 1 is 1.22 bits per heavy atom. The molecular weight excluding hydrogens is 240 g/mol. The zero-order chi connectivity index (χ0) is 12.7. The van der Waals surface area contributed by atoms with Gasteiger partial charge in [-0.25, -0.2) is 15.0 Å². The zero-order valence-electron chi connectivity index (χ0n) is 9.26. The van der Waals surface area contributed by atoms with Crippen molar-refractivity contribution in [3.8, 4) is 0 Å². The standard InChI is InChI=1S/C10H12N4O4/c15-5-2-18-8(7(17)6(5)16)10-11-1-4-9(14-10)13-3-12-4/h1,3,5-8,15-17H,2H2,(H,11,12,13,14). The number of H-pyrrole nitrogens is 1. The van der Waals surface area contributed by atoms with Crippen molar-refractivity contribution < 1.29 is 20.1 Å². The van der Waals surface area contributed by atoms with Gasteiger partial charge in [0.15, 0.2) is 11.5 Å². The van der Waals surface area contributed by atoms with Crippen LogP contribution in [0, 0.1) is 0 Å². The van der Waals surface area contributed by atoms with E-state index in [0.717, 1.165) is 0 Å². The molecule has 1 fully saturated rings. The molecule has 1 aliphatic heterocycles. The van der Waals surface area contributed by atoms with Gasteiger partial charge >= 0.3 is 0 Å². The third kappa shape index (κ3) is 1.75. The molecule has 4 atom stereocenters. The summed E-state index contributed by atoms with van der Waals surface area (Å²) >= 11 is 0. The van der Waals surface area contributed by atoms with Crippen molar-refractivity contribution in [3.63, 3.8) is 0 Å². The molecule has 0 saturated carbocycles. The highest BCUT2D eigenvalue weighted by molar-refractivity contribution is 5.68. The van der Waals surface area contributed by atoms with Crippen LogP contribution in [0.15, 0.2) is 12.5 Å². The molecule has 8 nitrogen and oxygen atoms in total. The second-order valence-electron chi connectivity index (χ2n) is 4.17. The second-order valence-corrected chi connectivity index (χ2v) is 4.17. The van der Waals surface area contributed by atoms with Gasteiger partial charge in [-0.3, -0.25) is 0 Å². The summed E-state index contributed by atoms with van der Waals surface area (Å²) in [6.45, 7) is -0.0761. The number of nitrogens with one attached hydrogen (secondary N) is 1. The molecule has 4 N–H and O–H groups in total. The van der Waals surface area contributed by atoms with Gasteiger partial charge in [-0.15, -0.1) is 0 Å². The lowest BCUT2D eigenvalue weighted by Gasteiger charge is -2.34. The monoisotopic (exact) mass is 252 g/mol. The van der Waals surface area contributed by atoms with Crippen LogP contribution < -0.4 is 0 Å². The Balaban J connectivity index is 1.93. The van der Waals surface area contributed by atoms with Crippen molar-refractivity contribution in [3.05, 3.63) is 18.3 Å². The summed E-state index contributed by atoms with van der Waals surface area (Å²) in [5.41, 5.74) is 1.13. The molecule has 3 heterocycles. The quantitative estimate of drug-likeness (QED) is 0.487. The van der Waals surface area contributed by atoms with E-state index in [2.05, 4.69) is 19.9 Å². The molecule has 0 radical (unpaired) electrons. The highest BCUT2D eigenvalue weighted by Gasteiger charge is 2.39. The third-order valence-electron chi connectivity index (χ3n) is 2.95. The van der Waals surface area contributed by atoms with Crippen LogP contribution in [0.1, 0.15) is 11.9 Å². The number of aromatic amines is 1. The Kier molecular flexibility index (Phi) is 2.71. The first-order chi connectivity index (χ1) is 8.66. The highest BCUT2D eigenvalue weighted by atomic mass is 16.5. The van der Waals surface area contributed by atoms with Gasteiger partial charge < -0.3 is 25.0 Å². The zero-order valence-corrected chi connectivity index (χ0v) is 9.26. The van der Waals surface area contributed by atoms with E-state index in [0.29, 0.717) is 11.2 Å². The van der Waals surface area contributed by atoms with Crippen LogP contribution in [0.2, 0.25) is 0 Å². The lowest BCUT2D eigenvalue weighted by Crippen LogP contribution is -2.49. The van der Waals surface area contributed by atoms with Gasteiger partial charge in [0.05, 0.1) is 19.1 Å². The van der Waals surface area contributed by atoms with Crippen LogP contribution in [0.5, 0.6) is 0 Å². The summed E-state index contributed by atoms with van der Waals surface area (Å²) in [5.74, 6) is 0.241. The van der Waals surface area contributed by atoms with Crippen molar-refractivity contribution in [1.82, 2.24) is 19.9 Å². The van der Waals surface area contributed by atoms with Crippen LogP contribution in [-0.4, -0.2) is 60.2 Å². The van der Waals surface area contributed by atoms with Gasteiger partial charge in [0.1, 0.15) is 29.9 Å². The van der Waals surface area contributed by atoms with E-state index >= 15 is 0 Å². The van der Waals surface area contributed by atoms with Gasteiger partial charge in [0.25, 0.3) is 0 Å². The number of hydrogen-bond acceptors (Lipinski definition) is 7. The molecule has 2 aromatic rings. The Morgan fingerprint density at radius 3 is 2.89 bits per heavy atom. The van der Waals surface area contributed by atoms with E-state index in [-0.39, 0.29) is 12.4 Å². The first-order valence-corrected chi connectivity index (χ1v) is 5.48. The summed E-state index contributed by atoms with van der Waals surface area (Å²) in [6, 6.07) is 0. The van der Waals surface area contributed by atoms with E-state index in [1.807, 2.05) is 0 Å². The number of hydrogen-bond donors (Lipinski definition) is 4. The van der Waals surface area contributed by atoms with Crippen LogP contribution >= 0.6 is 0 Å². The minimum atomic E-state index is -1.27. The van der Waals surface area contributed by atoms with E-state index < -0.39 is 24.4 Å². The minimum Gasteiger partial charge on any atom is -0.388 e. The number of imidazole rings is 1. The molecule has 8 heteroatoms. The van der Waals surface area contributed by atoms with E-state index in [1.165, 1.54) is 12.5 Å². The maximum Gasteiger partial charge on any atom is 0.162 e. The predicted octanol–water partition coefficient (Wildman–Crippen LogP) is -1.49. The molecule has 0 aliphatic carbocycles. The number of rotatable bonds is 1. The van der Waals surface area contributed by atoms with Crippen molar-refractivity contribution in [2.75, 3.05) is 6.61 Å². The topological polar surface area (TPSA) is 124 Å². The van der Waals surface area contributed by atoms with E-state index in [1.54, 1.807) is 0 Å². The van der Waals surface area contributed by atoms with Gasteiger partial charge in [-0.05, 0) is 0 Å². The molecule has 0 bridgehead atoms. The summed E-state index contributed by atoms with van der Waals surface area (Å²) in [6.07, 6.45) is -1.52. The lowest BCUT2D eigenvalue weighted by molar-refractivity contribution is -0.191. The van der Waals surface area contributed by atoms with Crippen molar-refractivity contribution in [2.45, 2.75) is 24.4 Å². The van der Waals surface area contributed by atoms with E-state index in [4.69, 9.17) is 4.74 Å². The van der Waals surface area contributed by atoms with Crippen molar-refractivity contribution in [1.29, 1.82) is 0 Å². The molecule has 0 aromatic carbocycles. The summed E-state index contributed by atoms with van der Waals surface area (Å²) in [4.78, 5) is 15.0. The van der Waals surface area contributed by atoms with Crippen LogP contribution in [0.25, 0.3) is 11.2 Å². The molecule has 4 unspecified atom stereocenters. The third-order valence-corrected chi connectivity index (χ3v) is 2.95. The SMILES string of the molecule is OC1COC(c2ncc3nc[nH]c3n2)C(O)C1O. The predicted molar refractivity (Wildman–Crippen MR) is 58.4 cm³/mol. The number of aromatic nitrogens is 4. The Bertz CT molecular complexity index is 560. The largest absolute Gasteiger partial charge is 0.388 e. The van der Waals surface area contributed by atoms with Crippen LogP contribution in [0.3, 0.4) is 0 Å². The molecule has 0 spiro atoms. The van der Waals surface area contributed by atoms with Gasteiger partial charge in [-0.2, -0.15) is 0 Å². The number of fused-ring (bicyclic) bond motifs is 1. The van der Waals surface area contributed by atoms with E-state index in [9.17, 15) is 15.3 Å². The average molecular weight is 252 g/mol. The smallest absolute Gasteiger partial charge is 0.162 e. The Labute approximate surface area is 101 Å². The van der Waals surface area contributed by atoms with Gasteiger partial charge in [0, 0.05) is 0 Å². The summed E-state index contributed by atoms with van der Waals surface area (Å²) < 4.78 is 5.27. The number of ether oxygens (including phenoxy) is 1. The highest BCUT2D eigenvalue weighted by Crippen LogP contribution is 2.27. The fraction of sp³-hybridized carbons (Fsp3) is 0.500. The molecule has 96 valence electrons. The van der Waals surface area contributed by atoms with Crippen molar-refractivity contribution in [2.24, 2.45) is 0 Å². The number of aliphatic hydroxyl groups is 3. The number of nitrogens with zero attached hydrogens (tertiary/aromatic N) is 3. The maximum absolute atomic E-state index is 9.84. The fourth-order valence-corrected chi connectivity index (χ4v) is 1.92. The molecule has 2 aromatic heterocycles. The molecule has 1 saturated heterocycles. The molecule has 0 amide bonds. The lowest BCUT2D eigenvalue weighted by atomic mass is 9.99. The number of aliphatic hydroxyl groups excluding tert-OH is 3. The molecule has 1 aliphatic rings. The second kappa shape index (κ2) is 4.25. The first kappa shape index (κ1) is 11.5. The molecule has 18 heavy (non-hydrogen) atoms. The van der Waals surface area contributed by atoms with Crippen LogP contribution in [-0.2, 0) is 4.74 Å². The minimum absolute atomic E-state index is 0.0761.